The van der Waals surface area contributed by atoms with Crippen LogP contribution in [0.2, 0.25) is 0 Å². The fourth-order valence-corrected chi connectivity index (χ4v) is 5.00. The van der Waals surface area contributed by atoms with Crippen LogP contribution in [0.25, 0.3) is 0 Å². The van der Waals surface area contributed by atoms with E-state index in [1.54, 1.807) is 4.90 Å². The van der Waals surface area contributed by atoms with E-state index in [1.807, 2.05) is 12.1 Å². The normalized spacial score (nSPS) is 26.9. The molecule has 3 saturated heterocycles. The number of piperidine rings is 2. The first-order valence-corrected chi connectivity index (χ1v) is 10.2. The second kappa shape index (κ2) is 6.67. The molecule has 3 amide bonds. The molecule has 3 fully saturated rings. The predicted molar refractivity (Wildman–Crippen MR) is 102 cm³/mol. The van der Waals surface area contributed by atoms with Gasteiger partial charge in [0.1, 0.15) is 6.04 Å². The molecule has 1 spiro atoms. The van der Waals surface area contributed by atoms with Gasteiger partial charge in [0.05, 0.1) is 0 Å². The highest BCUT2D eigenvalue weighted by Crippen LogP contribution is 2.35. The van der Waals surface area contributed by atoms with E-state index in [9.17, 15) is 14.4 Å². The third kappa shape index (κ3) is 3.02. The summed E-state index contributed by atoms with van der Waals surface area (Å²) in [7, 11) is 0. The fourth-order valence-electron chi connectivity index (χ4n) is 5.00. The molecule has 7 nitrogen and oxygen atoms in total. The van der Waals surface area contributed by atoms with Crippen LogP contribution in [0.4, 0.5) is 0 Å². The van der Waals surface area contributed by atoms with Gasteiger partial charge >= 0.3 is 0 Å². The summed E-state index contributed by atoms with van der Waals surface area (Å²) in [5, 5.41) is 5.76. The van der Waals surface area contributed by atoms with E-state index >= 15 is 0 Å². The number of fused-ring (bicyclic) bond motifs is 1. The number of hydrogen-bond acceptors (Lipinski definition) is 5. The van der Waals surface area contributed by atoms with Gasteiger partial charge in [-0.25, -0.2) is 0 Å². The molecule has 0 bridgehead atoms. The van der Waals surface area contributed by atoms with Crippen molar-refractivity contribution in [3.63, 3.8) is 0 Å². The molecule has 5 rings (SSSR count). The average Bonchev–Trinajstić information content (AvgIpc) is 2.97. The zero-order valence-corrected chi connectivity index (χ0v) is 16.0. The molecule has 0 saturated carbocycles. The molecule has 2 N–H and O–H groups in total. The van der Waals surface area contributed by atoms with Gasteiger partial charge in [-0.15, -0.1) is 0 Å². The van der Waals surface area contributed by atoms with Crippen LogP contribution < -0.4 is 10.6 Å². The van der Waals surface area contributed by atoms with Crippen LogP contribution in [0.5, 0.6) is 0 Å². The number of nitrogens with one attached hydrogen (secondary N) is 2. The Morgan fingerprint density at radius 1 is 1.11 bits per heavy atom. The molecule has 1 unspecified atom stereocenters. The van der Waals surface area contributed by atoms with Gasteiger partial charge in [0, 0.05) is 38.2 Å². The van der Waals surface area contributed by atoms with Crippen LogP contribution in [-0.2, 0) is 22.7 Å². The van der Waals surface area contributed by atoms with Gasteiger partial charge < -0.3 is 10.2 Å². The minimum absolute atomic E-state index is 0.103. The molecule has 0 radical (unpaired) electrons. The van der Waals surface area contributed by atoms with Crippen LogP contribution in [0.1, 0.15) is 47.2 Å². The summed E-state index contributed by atoms with van der Waals surface area (Å²) in [5.41, 5.74) is 3.44. The standard InChI is InChI=1S/C21H26N4O3/c26-18-4-3-17(19(27)23-18)25-11-15-9-14(1-2-16(15)20(25)28)10-24-7-5-21(6-8-24)12-22-13-21/h1-2,9,17,22H,3-8,10-13H2,(H,23,26,27). The molecule has 4 aliphatic heterocycles. The van der Waals surface area contributed by atoms with Crippen molar-refractivity contribution in [2.45, 2.75) is 44.8 Å². The smallest absolute Gasteiger partial charge is 0.255 e. The molecule has 0 aliphatic carbocycles. The lowest BCUT2D eigenvalue weighted by atomic mass is 9.73. The maximum Gasteiger partial charge on any atom is 0.255 e. The Hall–Kier alpha value is -2.25. The fraction of sp³-hybridized carbons (Fsp3) is 0.571. The second-order valence-corrected chi connectivity index (χ2v) is 8.77. The van der Waals surface area contributed by atoms with E-state index in [2.05, 4.69) is 21.6 Å². The summed E-state index contributed by atoms with van der Waals surface area (Å²) in [5.74, 6) is -0.715. The Morgan fingerprint density at radius 3 is 2.57 bits per heavy atom. The first kappa shape index (κ1) is 17.8. The third-order valence-electron chi connectivity index (χ3n) is 6.91. The van der Waals surface area contributed by atoms with Crippen molar-refractivity contribution in [2.24, 2.45) is 5.41 Å². The highest BCUT2D eigenvalue weighted by Gasteiger charge is 2.40. The van der Waals surface area contributed by atoms with Crippen molar-refractivity contribution < 1.29 is 14.4 Å². The van der Waals surface area contributed by atoms with Crippen molar-refractivity contribution in [3.8, 4) is 0 Å². The molecule has 4 heterocycles. The third-order valence-corrected chi connectivity index (χ3v) is 6.91. The summed E-state index contributed by atoms with van der Waals surface area (Å²) >= 11 is 0. The van der Waals surface area contributed by atoms with Gasteiger partial charge in [0.2, 0.25) is 11.8 Å². The maximum atomic E-state index is 12.8. The van der Waals surface area contributed by atoms with Gasteiger partial charge in [-0.05, 0) is 55.0 Å². The van der Waals surface area contributed by atoms with Gasteiger partial charge in [-0.3, -0.25) is 24.6 Å². The highest BCUT2D eigenvalue weighted by atomic mass is 16.2. The van der Waals surface area contributed by atoms with Crippen LogP contribution in [-0.4, -0.2) is 59.7 Å². The maximum absolute atomic E-state index is 12.8. The number of hydrogen-bond donors (Lipinski definition) is 2. The number of benzene rings is 1. The Kier molecular flexibility index (Phi) is 4.25. The van der Waals surface area contributed by atoms with Crippen LogP contribution in [0.3, 0.4) is 0 Å². The lowest BCUT2D eigenvalue weighted by Gasteiger charge is -2.48. The zero-order valence-electron chi connectivity index (χ0n) is 16.0. The number of rotatable bonds is 3. The monoisotopic (exact) mass is 382 g/mol. The lowest BCUT2D eigenvalue weighted by molar-refractivity contribution is -0.136. The zero-order chi connectivity index (χ0) is 19.3. The van der Waals surface area contributed by atoms with Crippen molar-refractivity contribution >= 4 is 17.7 Å². The van der Waals surface area contributed by atoms with Gasteiger partial charge in [0.15, 0.2) is 0 Å². The summed E-state index contributed by atoms with van der Waals surface area (Å²) in [6.45, 7) is 5.93. The Morgan fingerprint density at radius 2 is 1.89 bits per heavy atom. The van der Waals surface area contributed by atoms with Gasteiger partial charge in [0.25, 0.3) is 5.91 Å². The first-order valence-electron chi connectivity index (χ1n) is 10.2. The van der Waals surface area contributed by atoms with Crippen molar-refractivity contribution in [1.82, 2.24) is 20.4 Å². The average molecular weight is 382 g/mol. The van der Waals surface area contributed by atoms with E-state index in [4.69, 9.17) is 0 Å². The predicted octanol–water partition coefficient (Wildman–Crippen LogP) is 0.633. The van der Waals surface area contributed by atoms with E-state index in [0.717, 1.165) is 38.3 Å². The minimum atomic E-state index is -0.546. The van der Waals surface area contributed by atoms with E-state index < -0.39 is 6.04 Å². The largest absolute Gasteiger partial charge is 0.322 e. The minimum Gasteiger partial charge on any atom is -0.322 e. The van der Waals surface area contributed by atoms with E-state index in [0.29, 0.717) is 23.9 Å². The van der Waals surface area contributed by atoms with Crippen LogP contribution in [0, 0.1) is 5.41 Å². The molecule has 4 aliphatic rings. The molecule has 1 aromatic carbocycles. The number of imide groups is 1. The number of nitrogens with zero attached hydrogens (tertiary/aromatic N) is 2. The molecule has 148 valence electrons. The van der Waals surface area contributed by atoms with Gasteiger partial charge in [-0.1, -0.05) is 12.1 Å². The molecule has 1 atom stereocenters. The summed E-state index contributed by atoms with van der Waals surface area (Å²) in [6, 6.07) is 5.52. The van der Waals surface area contributed by atoms with E-state index in [-0.39, 0.29) is 24.1 Å². The molecule has 1 aromatic rings. The van der Waals surface area contributed by atoms with Crippen molar-refractivity contribution in [2.75, 3.05) is 26.2 Å². The summed E-state index contributed by atoms with van der Waals surface area (Å²) in [4.78, 5) is 40.4. The van der Waals surface area contributed by atoms with E-state index in [1.165, 1.54) is 18.4 Å². The lowest BCUT2D eigenvalue weighted by Crippen LogP contribution is -2.58. The number of likely N-dealkylation sites (tertiary alicyclic amines) is 1. The molecular formula is C21H26N4O3. The van der Waals surface area contributed by atoms with Crippen molar-refractivity contribution in [3.05, 3.63) is 34.9 Å². The quantitative estimate of drug-likeness (QED) is 0.750. The Labute approximate surface area is 164 Å². The number of carbonyl (C=O) groups excluding carboxylic acids is 3. The van der Waals surface area contributed by atoms with Crippen LogP contribution in [0.15, 0.2) is 18.2 Å². The first-order chi connectivity index (χ1) is 13.5. The van der Waals surface area contributed by atoms with Gasteiger partial charge in [-0.2, -0.15) is 0 Å². The number of carbonyl (C=O) groups is 3. The second-order valence-electron chi connectivity index (χ2n) is 8.77. The SMILES string of the molecule is O=C1CCC(N2Cc3cc(CN4CCC5(CC4)CNC5)ccc3C2=O)C(=O)N1. The molecule has 28 heavy (non-hydrogen) atoms. The highest BCUT2D eigenvalue weighted by molar-refractivity contribution is 6.05. The topological polar surface area (TPSA) is 81.8 Å². The summed E-state index contributed by atoms with van der Waals surface area (Å²) in [6.07, 6.45) is 3.20. The van der Waals surface area contributed by atoms with Crippen molar-refractivity contribution in [1.29, 1.82) is 0 Å². The Balaban J connectivity index is 1.25. The summed E-state index contributed by atoms with van der Waals surface area (Å²) < 4.78 is 0. The Bertz CT molecular complexity index is 838. The molecule has 7 heteroatoms. The molecular weight excluding hydrogens is 356 g/mol. The van der Waals surface area contributed by atoms with Crippen LogP contribution >= 0.6 is 0 Å². The number of amides is 3. The molecule has 0 aromatic heterocycles.